The van der Waals surface area contributed by atoms with E-state index in [1.165, 1.54) is 26.2 Å². The van der Waals surface area contributed by atoms with Gasteiger partial charge < -0.3 is 5.32 Å². The summed E-state index contributed by atoms with van der Waals surface area (Å²) < 4.78 is 39.6. The van der Waals surface area contributed by atoms with Gasteiger partial charge in [-0.15, -0.1) is 0 Å². The van der Waals surface area contributed by atoms with Crippen molar-refractivity contribution in [3.8, 4) is 0 Å². The lowest BCUT2D eigenvalue weighted by Gasteiger charge is -2.26. The van der Waals surface area contributed by atoms with Gasteiger partial charge in [0.1, 0.15) is 6.54 Å². The first-order chi connectivity index (χ1) is 13.2. The predicted octanol–water partition coefficient (Wildman–Crippen LogP) is 4.49. The Balaban J connectivity index is 1.59. The van der Waals surface area contributed by atoms with Crippen LogP contribution in [0.4, 0.5) is 18.9 Å². The minimum atomic E-state index is -4.66. The summed E-state index contributed by atoms with van der Waals surface area (Å²) in [5.41, 5.74) is 0.659. The molecule has 2 heterocycles. The van der Waals surface area contributed by atoms with Gasteiger partial charge in [0.15, 0.2) is 5.69 Å². The van der Waals surface area contributed by atoms with E-state index in [0.29, 0.717) is 5.69 Å². The van der Waals surface area contributed by atoms with E-state index in [0.717, 1.165) is 29.9 Å². The molecule has 152 valence electrons. The number of aromatic nitrogens is 2. The Kier molecular flexibility index (Phi) is 6.30. The first-order valence-electron chi connectivity index (χ1n) is 9.15. The normalized spacial score (nSPS) is 15.6. The van der Waals surface area contributed by atoms with E-state index in [1.54, 1.807) is 12.1 Å². The number of carbonyl (C=O) groups excluding carboxylic acids is 1. The van der Waals surface area contributed by atoms with Crippen LogP contribution in [0, 0.1) is 6.92 Å². The monoisotopic (exact) mass is 414 g/mol. The Morgan fingerprint density at radius 1 is 1.18 bits per heavy atom. The van der Waals surface area contributed by atoms with Crippen molar-refractivity contribution in [1.82, 2.24) is 14.7 Å². The van der Waals surface area contributed by atoms with E-state index in [4.69, 9.17) is 11.6 Å². The Morgan fingerprint density at radius 3 is 2.39 bits per heavy atom. The molecule has 1 N–H and O–H groups in total. The second-order valence-electron chi connectivity index (χ2n) is 6.99. The van der Waals surface area contributed by atoms with Crippen LogP contribution in [0.25, 0.3) is 0 Å². The number of likely N-dealkylation sites (tertiary alicyclic amines) is 1. The minimum Gasteiger partial charge on any atom is -0.324 e. The van der Waals surface area contributed by atoms with Gasteiger partial charge >= 0.3 is 6.18 Å². The summed E-state index contributed by atoms with van der Waals surface area (Å²) in [6.07, 6.45) is -0.928. The van der Waals surface area contributed by atoms with E-state index in [1.807, 2.05) is 12.1 Å². The summed E-state index contributed by atoms with van der Waals surface area (Å²) >= 11 is 5.70. The van der Waals surface area contributed by atoms with Gasteiger partial charge in [-0.05, 0) is 50.6 Å². The number of nitrogens with zero attached hydrogens (tertiary/aromatic N) is 3. The maximum atomic E-state index is 12.9. The fraction of sp³-hybridized carbons (Fsp3) is 0.474. The second kappa shape index (κ2) is 8.53. The number of alkyl halides is 3. The van der Waals surface area contributed by atoms with Gasteiger partial charge in [0, 0.05) is 12.2 Å². The van der Waals surface area contributed by atoms with Gasteiger partial charge in [-0.2, -0.15) is 18.3 Å². The molecule has 1 fully saturated rings. The average molecular weight is 415 g/mol. The van der Waals surface area contributed by atoms with E-state index >= 15 is 0 Å². The van der Waals surface area contributed by atoms with Crippen molar-refractivity contribution in [3.05, 3.63) is 46.2 Å². The number of halogens is 4. The Bertz CT molecular complexity index is 827. The van der Waals surface area contributed by atoms with Crippen molar-refractivity contribution in [1.29, 1.82) is 0 Å². The third-order valence-corrected chi connectivity index (χ3v) is 5.24. The number of rotatable bonds is 5. The number of nitrogens with one attached hydrogen (secondary N) is 1. The zero-order chi connectivity index (χ0) is 20.3. The summed E-state index contributed by atoms with van der Waals surface area (Å²) in [6.45, 7) is 4.12. The van der Waals surface area contributed by atoms with Gasteiger partial charge in [-0.3, -0.25) is 14.4 Å². The Hall–Kier alpha value is -2.06. The van der Waals surface area contributed by atoms with E-state index in [2.05, 4.69) is 15.3 Å². The summed E-state index contributed by atoms with van der Waals surface area (Å²) in [7, 11) is 0. The number of piperidine rings is 1. The van der Waals surface area contributed by atoms with Crippen LogP contribution in [0.2, 0.25) is 5.02 Å². The molecule has 0 radical (unpaired) electrons. The molecule has 0 saturated carbocycles. The highest BCUT2D eigenvalue weighted by Gasteiger charge is 2.38. The zero-order valence-electron chi connectivity index (χ0n) is 15.5. The van der Waals surface area contributed by atoms with Crippen molar-refractivity contribution in [2.24, 2.45) is 0 Å². The molecule has 1 aliphatic rings. The molecule has 3 rings (SSSR count). The van der Waals surface area contributed by atoms with E-state index in [9.17, 15) is 18.0 Å². The standard InChI is InChI=1S/C19H22ClF3N4O/c1-13-17(20)18(19(21,22)23)25-27(13)12-16(28)24-15-7-5-14(6-8-15)11-26-9-3-2-4-10-26/h5-8H,2-4,9-12H2,1H3,(H,24,28). The van der Waals surface area contributed by atoms with Crippen molar-refractivity contribution in [2.45, 2.75) is 45.5 Å². The smallest absolute Gasteiger partial charge is 0.324 e. The molecule has 9 heteroatoms. The number of hydrogen-bond donors (Lipinski definition) is 1. The van der Waals surface area contributed by atoms with Gasteiger partial charge in [0.25, 0.3) is 0 Å². The maximum absolute atomic E-state index is 12.9. The van der Waals surface area contributed by atoms with Crippen LogP contribution in [-0.4, -0.2) is 33.7 Å². The van der Waals surface area contributed by atoms with Gasteiger partial charge in [-0.1, -0.05) is 30.2 Å². The molecule has 28 heavy (non-hydrogen) atoms. The number of hydrogen-bond acceptors (Lipinski definition) is 3. The number of carbonyl (C=O) groups is 1. The summed E-state index contributed by atoms with van der Waals surface area (Å²) in [4.78, 5) is 14.6. The maximum Gasteiger partial charge on any atom is 0.436 e. The molecular formula is C19H22ClF3N4O. The first-order valence-corrected chi connectivity index (χ1v) is 9.53. The van der Waals surface area contributed by atoms with Crippen molar-refractivity contribution in [3.63, 3.8) is 0 Å². The molecule has 1 aromatic carbocycles. The first kappa shape index (κ1) is 20.7. The van der Waals surface area contributed by atoms with Crippen LogP contribution in [0.5, 0.6) is 0 Å². The van der Waals surface area contributed by atoms with Crippen LogP contribution in [0.1, 0.15) is 36.2 Å². The lowest BCUT2D eigenvalue weighted by molar-refractivity contribution is -0.141. The fourth-order valence-electron chi connectivity index (χ4n) is 3.27. The molecule has 1 amide bonds. The van der Waals surface area contributed by atoms with E-state index < -0.39 is 22.8 Å². The molecule has 0 unspecified atom stereocenters. The molecule has 2 aromatic rings. The SMILES string of the molecule is Cc1c(Cl)c(C(F)(F)F)nn1CC(=O)Nc1ccc(CN2CCCCC2)cc1. The third kappa shape index (κ3) is 5.05. The third-order valence-electron chi connectivity index (χ3n) is 4.79. The summed E-state index contributed by atoms with van der Waals surface area (Å²) in [5, 5.41) is 5.63. The quantitative estimate of drug-likeness (QED) is 0.784. The van der Waals surface area contributed by atoms with Gasteiger partial charge in [0.05, 0.1) is 10.7 Å². The summed E-state index contributed by atoms with van der Waals surface area (Å²) in [5.74, 6) is -0.472. The van der Waals surface area contributed by atoms with Crippen LogP contribution in [0.3, 0.4) is 0 Å². The lowest BCUT2D eigenvalue weighted by atomic mass is 10.1. The molecule has 1 saturated heterocycles. The second-order valence-corrected chi connectivity index (χ2v) is 7.36. The number of anilines is 1. The number of benzene rings is 1. The largest absolute Gasteiger partial charge is 0.436 e. The zero-order valence-corrected chi connectivity index (χ0v) is 16.3. The molecule has 0 bridgehead atoms. The summed E-state index contributed by atoms with van der Waals surface area (Å²) in [6, 6.07) is 7.48. The van der Waals surface area contributed by atoms with Crippen LogP contribution in [0.15, 0.2) is 24.3 Å². The van der Waals surface area contributed by atoms with Gasteiger partial charge in [-0.25, -0.2) is 0 Å². The molecular weight excluding hydrogens is 393 g/mol. The Labute approximate surface area is 166 Å². The van der Waals surface area contributed by atoms with E-state index in [-0.39, 0.29) is 12.2 Å². The van der Waals surface area contributed by atoms with Gasteiger partial charge in [0.2, 0.25) is 5.91 Å². The molecule has 1 aromatic heterocycles. The van der Waals surface area contributed by atoms with Crippen LogP contribution in [-0.2, 0) is 24.1 Å². The Morgan fingerprint density at radius 2 is 1.82 bits per heavy atom. The minimum absolute atomic E-state index is 0.0982. The highest BCUT2D eigenvalue weighted by molar-refractivity contribution is 6.32. The molecule has 0 spiro atoms. The highest BCUT2D eigenvalue weighted by atomic mass is 35.5. The van der Waals surface area contributed by atoms with Crippen LogP contribution < -0.4 is 5.32 Å². The lowest BCUT2D eigenvalue weighted by Crippen LogP contribution is -2.29. The van der Waals surface area contributed by atoms with Crippen molar-refractivity contribution < 1.29 is 18.0 Å². The van der Waals surface area contributed by atoms with Crippen molar-refractivity contribution in [2.75, 3.05) is 18.4 Å². The predicted molar refractivity (Wildman–Crippen MR) is 101 cm³/mol. The molecule has 5 nitrogen and oxygen atoms in total. The molecule has 0 aliphatic carbocycles. The average Bonchev–Trinajstić information content (AvgIpc) is 2.93. The highest BCUT2D eigenvalue weighted by Crippen LogP contribution is 2.35. The number of amides is 1. The molecule has 0 atom stereocenters. The molecule has 1 aliphatic heterocycles. The van der Waals surface area contributed by atoms with Crippen molar-refractivity contribution >= 4 is 23.2 Å². The van der Waals surface area contributed by atoms with Crippen LogP contribution >= 0.6 is 11.6 Å². The topological polar surface area (TPSA) is 50.2 Å². The fourth-order valence-corrected chi connectivity index (χ4v) is 3.51.